The van der Waals surface area contributed by atoms with Crippen molar-refractivity contribution in [2.75, 3.05) is 12.3 Å². The first-order valence-electron chi connectivity index (χ1n) is 6.33. The number of benzene rings is 1. The van der Waals surface area contributed by atoms with E-state index in [1.165, 1.54) is 0 Å². The highest BCUT2D eigenvalue weighted by atomic mass is 32.2. The molecule has 1 rings (SSSR count). The van der Waals surface area contributed by atoms with Crippen molar-refractivity contribution in [3.05, 3.63) is 35.9 Å². The summed E-state index contributed by atoms with van der Waals surface area (Å²) >= 11 is 0. The lowest BCUT2D eigenvalue weighted by atomic mass is 10.2. The van der Waals surface area contributed by atoms with Crippen molar-refractivity contribution in [2.45, 2.75) is 19.4 Å². The van der Waals surface area contributed by atoms with E-state index in [2.05, 4.69) is 0 Å². The lowest BCUT2D eigenvalue weighted by Crippen LogP contribution is -2.35. The molecule has 0 aromatic heterocycles. The van der Waals surface area contributed by atoms with Gasteiger partial charge in [0.2, 0.25) is 15.9 Å². The van der Waals surface area contributed by atoms with Gasteiger partial charge in [-0.2, -0.15) is 4.31 Å². The molecule has 1 aromatic carbocycles. The van der Waals surface area contributed by atoms with Gasteiger partial charge in [-0.25, -0.2) is 8.42 Å². The molecule has 0 saturated carbocycles. The fourth-order valence-electron chi connectivity index (χ4n) is 1.68. The van der Waals surface area contributed by atoms with Gasteiger partial charge in [-0.3, -0.25) is 9.59 Å². The van der Waals surface area contributed by atoms with Crippen molar-refractivity contribution in [3.8, 4) is 0 Å². The molecule has 0 saturated heterocycles. The minimum atomic E-state index is -3.77. The predicted octanol–water partition coefficient (Wildman–Crippen LogP) is 0.168. The summed E-state index contributed by atoms with van der Waals surface area (Å²) in [6.45, 7) is 0.0161. The number of aliphatic carboxylic acids is 1. The zero-order chi connectivity index (χ0) is 15.9. The van der Waals surface area contributed by atoms with E-state index in [4.69, 9.17) is 10.8 Å². The lowest BCUT2D eigenvalue weighted by molar-refractivity contribution is -0.136. The van der Waals surface area contributed by atoms with Crippen LogP contribution in [0.5, 0.6) is 0 Å². The van der Waals surface area contributed by atoms with Crippen molar-refractivity contribution >= 4 is 21.9 Å². The smallest absolute Gasteiger partial charge is 0.304 e. The quantitative estimate of drug-likeness (QED) is 0.673. The molecule has 21 heavy (non-hydrogen) atoms. The van der Waals surface area contributed by atoms with Crippen LogP contribution in [0.3, 0.4) is 0 Å². The van der Waals surface area contributed by atoms with Crippen molar-refractivity contribution in [2.24, 2.45) is 5.73 Å². The van der Waals surface area contributed by atoms with Crippen LogP contribution in [-0.4, -0.2) is 42.0 Å². The van der Waals surface area contributed by atoms with E-state index in [1.807, 2.05) is 0 Å². The Morgan fingerprint density at radius 2 is 1.76 bits per heavy atom. The second kappa shape index (κ2) is 7.75. The molecule has 0 aliphatic rings. The van der Waals surface area contributed by atoms with Crippen LogP contribution in [0.15, 0.2) is 30.3 Å². The van der Waals surface area contributed by atoms with Gasteiger partial charge < -0.3 is 10.8 Å². The van der Waals surface area contributed by atoms with Gasteiger partial charge in [-0.1, -0.05) is 30.3 Å². The molecule has 116 valence electrons. The van der Waals surface area contributed by atoms with Crippen molar-refractivity contribution in [1.29, 1.82) is 0 Å². The van der Waals surface area contributed by atoms with Crippen LogP contribution < -0.4 is 5.73 Å². The summed E-state index contributed by atoms with van der Waals surface area (Å²) in [5.74, 6) is -2.30. The summed E-state index contributed by atoms with van der Waals surface area (Å²) in [6, 6.07) is 8.85. The summed E-state index contributed by atoms with van der Waals surface area (Å²) in [7, 11) is -3.77. The molecule has 1 amide bonds. The van der Waals surface area contributed by atoms with E-state index in [0.717, 1.165) is 9.87 Å². The van der Waals surface area contributed by atoms with E-state index >= 15 is 0 Å². The number of sulfonamides is 1. The molecule has 3 N–H and O–H groups in total. The SMILES string of the molecule is NC(=O)CCN(Cc1ccccc1)S(=O)(=O)CCC(=O)O. The predicted molar refractivity (Wildman–Crippen MR) is 76.7 cm³/mol. The third kappa shape index (κ3) is 6.37. The number of carbonyl (C=O) groups excluding carboxylic acids is 1. The Bertz CT molecular complexity index is 586. The first kappa shape index (κ1) is 17.1. The van der Waals surface area contributed by atoms with Crippen LogP contribution in [0.4, 0.5) is 0 Å². The highest BCUT2D eigenvalue weighted by molar-refractivity contribution is 7.89. The van der Waals surface area contributed by atoms with Gasteiger partial charge in [0, 0.05) is 19.5 Å². The molecule has 0 fully saturated rings. The average molecular weight is 314 g/mol. The fraction of sp³-hybridized carbons (Fsp3) is 0.385. The Morgan fingerprint density at radius 3 is 2.29 bits per heavy atom. The second-order valence-electron chi connectivity index (χ2n) is 4.50. The monoisotopic (exact) mass is 314 g/mol. The fourth-order valence-corrected chi connectivity index (χ4v) is 3.09. The van der Waals surface area contributed by atoms with Gasteiger partial charge in [-0.15, -0.1) is 0 Å². The molecule has 0 aliphatic carbocycles. The molecular weight excluding hydrogens is 296 g/mol. The van der Waals surface area contributed by atoms with Crippen LogP contribution in [0.25, 0.3) is 0 Å². The third-order valence-corrected chi connectivity index (χ3v) is 4.60. The number of nitrogens with two attached hydrogens (primary N) is 1. The van der Waals surface area contributed by atoms with E-state index < -0.39 is 34.1 Å². The van der Waals surface area contributed by atoms with E-state index in [1.54, 1.807) is 30.3 Å². The van der Waals surface area contributed by atoms with E-state index in [-0.39, 0.29) is 19.5 Å². The summed E-state index contributed by atoms with van der Waals surface area (Å²) in [6.07, 6.45) is -0.594. The molecule has 0 atom stereocenters. The molecular formula is C13H18N2O5S. The molecule has 1 aromatic rings. The van der Waals surface area contributed by atoms with Crippen molar-refractivity contribution < 1.29 is 23.1 Å². The maximum Gasteiger partial charge on any atom is 0.304 e. The van der Waals surface area contributed by atoms with Gasteiger partial charge >= 0.3 is 5.97 Å². The van der Waals surface area contributed by atoms with Gasteiger partial charge in [0.25, 0.3) is 0 Å². The number of carbonyl (C=O) groups is 2. The number of primary amides is 1. The standard InChI is InChI=1S/C13H18N2O5S/c14-12(16)6-8-15(10-11-4-2-1-3-5-11)21(19,20)9-7-13(17)18/h1-5H,6-10H2,(H2,14,16)(H,17,18). The molecule has 0 aliphatic heterocycles. The van der Waals surface area contributed by atoms with Crippen molar-refractivity contribution in [1.82, 2.24) is 4.31 Å². The highest BCUT2D eigenvalue weighted by Crippen LogP contribution is 2.11. The Hall–Kier alpha value is -1.93. The van der Waals surface area contributed by atoms with Gasteiger partial charge in [-0.05, 0) is 5.56 Å². The number of carboxylic acids is 1. The molecule has 0 heterocycles. The Morgan fingerprint density at radius 1 is 1.14 bits per heavy atom. The van der Waals surface area contributed by atoms with Gasteiger partial charge in [0.1, 0.15) is 0 Å². The lowest BCUT2D eigenvalue weighted by Gasteiger charge is -2.21. The number of carboxylic acid groups (broad SMARTS) is 1. The topological polar surface area (TPSA) is 118 Å². The largest absolute Gasteiger partial charge is 0.481 e. The van der Waals surface area contributed by atoms with E-state index in [0.29, 0.717) is 0 Å². The van der Waals surface area contributed by atoms with Crippen LogP contribution in [0.1, 0.15) is 18.4 Å². The summed E-state index contributed by atoms with van der Waals surface area (Å²) in [4.78, 5) is 21.4. The number of amides is 1. The first-order valence-corrected chi connectivity index (χ1v) is 7.94. The molecule has 7 nitrogen and oxygen atoms in total. The highest BCUT2D eigenvalue weighted by Gasteiger charge is 2.23. The molecule has 0 unspecified atom stereocenters. The maximum absolute atomic E-state index is 12.2. The molecule has 0 bridgehead atoms. The van der Waals surface area contributed by atoms with E-state index in [9.17, 15) is 18.0 Å². The van der Waals surface area contributed by atoms with Gasteiger partial charge in [0.05, 0.1) is 12.2 Å². The first-order chi connectivity index (χ1) is 9.81. The minimum Gasteiger partial charge on any atom is -0.481 e. The molecule has 0 radical (unpaired) electrons. The van der Waals surface area contributed by atoms with Crippen LogP contribution >= 0.6 is 0 Å². The third-order valence-electron chi connectivity index (χ3n) is 2.78. The number of rotatable bonds is 9. The molecule has 0 spiro atoms. The minimum absolute atomic E-state index is 0.0633. The van der Waals surface area contributed by atoms with Crippen LogP contribution in [0.2, 0.25) is 0 Å². The second-order valence-corrected chi connectivity index (χ2v) is 6.58. The zero-order valence-electron chi connectivity index (χ0n) is 11.4. The van der Waals surface area contributed by atoms with Crippen LogP contribution in [0, 0.1) is 0 Å². The van der Waals surface area contributed by atoms with Crippen molar-refractivity contribution in [3.63, 3.8) is 0 Å². The summed E-state index contributed by atoms with van der Waals surface area (Å²) in [5.41, 5.74) is 5.80. The summed E-state index contributed by atoms with van der Waals surface area (Å²) < 4.78 is 25.4. The van der Waals surface area contributed by atoms with Crippen LogP contribution in [-0.2, 0) is 26.2 Å². The average Bonchev–Trinajstić information content (AvgIpc) is 2.42. The Labute approximate surface area is 123 Å². The van der Waals surface area contributed by atoms with Gasteiger partial charge in [0.15, 0.2) is 0 Å². The number of nitrogens with zero attached hydrogens (tertiary/aromatic N) is 1. The number of hydrogen-bond donors (Lipinski definition) is 2. The summed E-state index contributed by atoms with van der Waals surface area (Å²) in [5, 5.41) is 8.61. The normalized spacial score (nSPS) is 11.5. The number of hydrogen-bond acceptors (Lipinski definition) is 4. The Kier molecular flexibility index (Phi) is 6.32. The zero-order valence-corrected chi connectivity index (χ0v) is 12.3. The molecule has 8 heteroatoms. The Balaban J connectivity index is 2.85. The maximum atomic E-state index is 12.2.